The lowest BCUT2D eigenvalue weighted by Crippen LogP contribution is -2.58. The number of hydrogen-bond donors (Lipinski definition) is 11. The second-order valence-corrected chi connectivity index (χ2v) is 17.5. The maximum atomic E-state index is 14.0. The first kappa shape index (κ1) is 57.1. The fourth-order valence-electron chi connectivity index (χ4n) is 8.22. The van der Waals surface area contributed by atoms with E-state index in [1.165, 1.54) is 17.6 Å². The van der Waals surface area contributed by atoms with Gasteiger partial charge < -0.3 is 71.9 Å². The summed E-state index contributed by atoms with van der Waals surface area (Å²) in [6.45, 7) is 0.296. The average Bonchev–Trinajstić information content (AvgIpc) is 3.71. The van der Waals surface area contributed by atoms with E-state index in [0.717, 1.165) is 10.9 Å². The van der Waals surface area contributed by atoms with E-state index < -0.39 is 190 Å². The number of carbonyl (C=O) groups is 12. The summed E-state index contributed by atoms with van der Waals surface area (Å²) in [7, 11) is 0. The van der Waals surface area contributed by atoms with E-state index >= 15 is 0 Å². The van der Waals surface area contributed by atoms with Crippen LogP contribution in [0.1, 0.15) is 94.2 Å². The zero-order valence-corrected chi connectivity index (χ0v) is 40.1. The molecule has 28 nitrogen and oxygen atoms in total. The maximum absolute atomic E-state index is 14.0. The molecule has 0 spiro atoms. The first-order valence-electron chi connectivity index (χ1n) is 23.3. The van der Waals surface area contributed by atoms with Crippen LogP contribution in [0.25, 0.3) is 22.3 Å². The maximum Gasteiger partial charge on any atom is 0.355 e. The number of esters is 2. The Balaban J connectivity index is 1.36. The number of rotatable bonds is 28. The molecule has 0 saturated heterocycles. The smallest absolute Gasteiger partial charge is 0.355 e. The molecule has 75 heavy (non-hydrogen) atoms. The van der Waals surface area contributed by atoms with Gasteiger partial charge >= 0.3 is 41.8 Å². The second-order valence-electron chi connectivity index (χ2n) is 17.5. The number of hydrogen-bond acceptors (Lipinski definition) is 17. The molecule has 0 saturated carbocycles. The van der Waals surface area contributed by atoms with Crippen molar-refractivity contribution in [1.82, 2.24) is 36.1 Å². The molecular formula is C47H54N8O20. The lowest BCUT2D eigenvalue weighted by atomic mass is 9.85. The Bertz CT molecular complexity index is 2870. The Morgan fingerprint density at radius 3 is 1.76 bits per heavy atom. The third-order valence-electron chi connectivity index (χ3n) is 12.2. The largest absolute Gasteiger partial charge is 0.481 e. The third kappa shape index (κ3) is 14.7. The molecule has 1 aromatic carbocycles. The Labute approximate surface area is 423 Å². The molecule has 28 heteroatoms. The summed E-state index contributed by atoms with van der Waals surface area (Å²) in [5.74, 6) is -15.6. The van der Waals surface area contributed by atoms with E-state index in [1.54, 1.807) is 12.1 Å². The number of nitrogens with two attached hydrogens (primary N) is 1. The van der Waals surface area contributed by atoms with Gasteiger partial charge in [-0.05, 0) is 56.7 Å². The topological polar surface area (TPSA) is 446 Å². The molecule has 0 fully saturated rings. The summed E-state index contributed by atoms with van der Waals surface area (Å²) in [5, 5.41) is 58.0. The highest BCUT2D eigenvalue weighted by molar-refractivity contribution is 5.96. The number of carboxylic acid groups (broad SMARTS) is 5. The van der Waals surface area contributed by atoms with Crippen LogP contribution in [0.15, 0.2) is 41.2 Å². The molecule has 5 amide bonds. The van der Waals surface area contributed by atoms with Gasteiger partial charge in [-0.15, -0.1) is 0 Å². The number of cyclic esters (lactones) is 1. The quantitative estimate of drug-likeness (QED) is 0.0284. The molecular weight excluding hydrogens is 997 g/mol. The predicted molar refractivity (Wildman–Crippen MR) is 251 cm³/mol. The molecule has 0 bridgehead atoms. The monoisotopic (exact) mass is 1050 g/mol. The van der Waals surface area contributed by atoms with Crippen molar-refractivity contribution in [3.05, 3.63) is 63.4 Å². The Kier molecular flexibility index (Phi) is 19.2. The number of para-hydroxylation sites is 1. The van der Waals surface area contributed by atoms with Crippen LogP contribution in [0.2, 0.25) is 0 Å². The number of pyridine rings is 2. The van der Waals surface area contributed by atoms with Crippen LogP contribution in [0.4, 0.5) is 0 Å². The van der Waals surface area contributed by atoms with Crippen LogP contribution >= 0.6 is 0 Å². The standard InChI is InChI=1S/C47H54N8O20/c1-2-47(25-18-32-39-23(17-22-5-3-4-6-27(22)50-39)20-55(32)44(70)24(25)21-74-46(47)73)75-38(65)19-49-33(56)12-8-28(52-42(68)29(9-14-35(59)60)51-40(66)26(48)7-13-34(57)58)41(67)53-30(10-15-36(61)62)43(69)54-31(45(71)72)11-16-37(63)64/h3-6,17-18,26,28-31H,2,7-16,19-21,48H2,1H3,(H,49,56)(H,51,66)(H,52,68)(H,53,67)(H,54,69)(H,57,58)(H,59,60)(H,61,62)(H,63,64)(H,71,72)/t26-,28-,29-,30-,31-,47-/m0/s1. The zero-order valence-electron chi connectivity index (χ0n) is 40.1. The Morgan fingerprint density at radius 2 is 1.21 bits per heavy atom. The van der Waals surface area contributed by atoms with Crippen molar-refractivity contribution < 1.29 is 92.5 Å². The molecule has 2 aromatic heterocycles. The minimum atomic E-state index is -2.17. The summed E-state index contributed by atoms with van der Waals surface area (Å²) >= 11 is 0. The van der Waals surface area contributed by atoms with Crippen molar-refractivity contribution in [2.45, 2.75) is 127 Å². The van der Waals surface area contributed by atoms with Crippen molar-refractivity contribution in [2.24, 2.45) is 5.73 Å². The van der Waals surface area contributed by atoms with Gasteiger partial charge in [-0.2, -0.15) is 0 Å². The second kappa shape index (κ2) is 25.2. The molecule has 402 valence electrons. The number of amides is 5. The first-order chi connectivity index (χ1) is 35.4. The van der Waals surface area contributed by atoms with Crippen molar-refractivity contribution in [2.75, 3.05) is 6.54 Å². The molecule has 5 rings (SSSR count). The summed E-state index contributed by atoms with van der Waals surface area (Å²) in [6, 6.07) is 1.74. The third-order valence-corrected chi connectivity index (χ3v) is 12.2. The van der Waals surface area contributed by atoms with Gasteiger partial charge in [0.25, 0.3) is 5.56 Å². The summed E-state index contributed by atoms with van der Waals surface area (Å²) < 4.78 is 12.6. The number of fused-ring (bicyclic) bond motifs is 5. The number of carboxylic acids is 5. The number of aliphatic carboxylic acids is 5. The molecule has 0 radical (unpaired) electrons. The Morgan fingerprint density at radius 1 is 0.707 bits per heavy atom. The van der Waals surface area contributed by atoms with Crippen molar-refractivity contribution in [3.8, 4) is 11.4 Å². The highest BCUT2D eigenvalue weighted by Crippen LogP contribution is 2.41. The van der Waals surface area contributed by atoms with Gasteiger partial charge in [0.2, 0.25) is 35.1 Å². The predicted octanol–water partition coefficient (Wildman–Crippen LogP) is -1.66. The van der Waals surface area contributed by atoms with Gasteiger partial charge in [0.1, 0.15) is 37.3 Å². The number of ether oxygens (including phenoxy) is 2. The fourth-order valence-corrected chi connectivity index (χ4v) is 8.22. The Hall–Kier alpha value is -8.82. The molecule has 0 aliphatic carbocycles. The van der Waals surface area contributed by atoms with Crippen LogP contribution in [-0.2, 0) is 85.8 Å². The molecule has 2 aliphatic rings. The van der Waals surface area contributed by atoms with Gasteiger partial charge in [0.15, 0.2) is 0 Å². The van der Waals surface area contributed by atoms with E-state index in [1.807, 2.05) is 23.5 Å². The van der Waals surface area contributed by atoms with E-state index in [9.17, 15) is 77.6 Å². The average molecular weight is 1050 g/mol. The molecule has 2 aliphatic heterocycles. The van der Waals surface area contributed by atoms with Gasteiger partial charge in [-0.1, -0.05) is 25.1 Å². The van der Waals surface area contributed by atoms with Crippen LogP contribution < -0.4 is 37.9 Å². The van der Waals surface area contributed by atoms with Crippen LogP contribution in [0, 0.1) is 0 Å². The minimum absolute atomic E-state index is 0.0362. The summed E-state index contributed by atoms with van der Waals surface area (Å²) in [5.41, 5.74) is 5.34. The van der Waals surface area contributed by atoms with E-state index in [-0.39, 0.29) is 24.1 Å². The lowest BCUT2D eigenvalue weighted by molar-refractivity contribution is -0.189. The van der Waals surface area contributed by atoms with Crippen LogP contribution in [-0.4, -0.2) is 143 Å². The van der Waals surface area contributed by atoms with Crippen LogP contribution in [0.5, 0.6) is 0 Å². The number of benzene rings is 1. The molecule has 6 atom stereocenters. The number of carbonyl (C=O) groups excluding carboxylic acids is 7. The molecule has 4 heterocycles. The lowest BCUT2D eigenvalue weighted by Gasteiger charge is -2.35. The van der Waals surface area contributed by atoms with E-state index in [4.69, 9.17) is 30.4 Å². The minimum Gasteiger partial charge on any atom is -0.481 e. The van der Waals surface area contributed by atoms with Crippen molar-refractivity contribution in [3.63, 3.8) is 0 Å². The van der Waals surface area contributed by atoms with Gasteiger partial charge in [-0.3, -0.25) is 52.7 Å². The van der Waals surface area contributed by atoms with Crippen molar-refractivity contribution >= 4 is 82.2 Å². The zero-order chi connectivity index (χ0) is 55.3. The van der Waals surface area contributed by atoms with E-state index in [0.29, 0.717) is 16.9 Å². The van der Waals surface area contributed by atoms with Gasteiger partial charge in [-0.25, -0.2) is 14.6 Å². The summed E-state index contributed by atoms with van der Waals surface area (Å²) in [4.78, 5) is 170. The van der Waals surface area contributed by atoms with Gasteiger partial charge in [0, 0.05) is 48.6 Å². The molecule has 12 N–H and O–H groups in total. The van der Waals surface area contributed by atoms with Crippen LogP contribution in [0.3, 0.4) is 0 Å². The SMILES string of the molecule is CC[C@@]1(OC(=O)CNC(=O)CC[C@H](NC(=O)[C@H](CCC(=O)O)NC(=O)[C@@H](N)CCC(=O)O)C(=O)N[C@@H](CCC(=O)O)C(=O)N[C@@H](CCC(=O)O)C(=O)O)C(=O)OCc2c1cc1n(c2=O)Cc2cc3ccccc3nc2-1. The highest BCUT2D eigenvalue weighted by atomic mass is 16.6. The van der Waals surface area contributed by atoms with Crippen molar-refractivity contribution in [1.29, 1.82) is 0 Å². The van der Waals surface area contributed by atoms with Gasteiger partial charge in [0.05, 0.1) is 35.1 Å². The highest BCUT2D eigenvalue weighted by Gasteiger charge is 2.50. The fraction of sp³-hybridized carbons (Fsp3) is 0.447. The normalized spacial score (nSPS) is 16.2. The summed E-state index contributed by atoms with van der Waals surface area (Å²) in [6.07, 6.45) is -6.96. The molecule has 0 unspecified atom stereocenters. The number of nitrogens with zero attached hydrogens (tertiary/aromatic N) is 2. The molecule has 3 aromatic rings. The number of nitrogens with one attached hydrogen (secondary N) is 5. The van der Waals surface area contributed by atoms with E-state index in [2.05, 4.69) is 21.3 Å². The first-order valence-corrected chi connectivity index (χ1v) is 23.3. The number of aromatic nitrogens is 2.